The summed E-state index contributed by atoms with van der Waals surface area (Å²) in [5.74, 6) is 0.581. The topological polar surface area (TPSA) is 40.5 Å². The number of aliphatic hydroxyl groups is 2. The van der Waals surface area contributed by atoms with Crippen LogP contribution >= 0.6 is 0 Å². The molecule has 1 aliphatic carbocycles. The van der Waals surface area contributed by atoms with Gasteiger partial charge in [0.15, 0.2) is 0 Å². The maximum Gasteiger partial charge on any atom is 0.107 e. The highest BCUT2D eigenvalue weighted by atomic mass is 16.3. The van der Waals surface area contributed by atoms with E-state index in [1.807, 2.05) is 27.7 Å². The summed E-state index contributed by atoms with van der Waals surface area (Å²) < 4.78 is 0. The summed E-state index contributed by atoms with van der Waals surface area (Å²) in [6.45, 7) is 16.5. The molecule has 1 aromatic rings. The van der Waals surface area contributed by atoms with Gasteiger partial charge in [0.1, 0.15) is 5.60 Å². The first-order valence-electron chi connectivity index (χ1n) is 8.44. The molecule has 1 aromatic carbocycles. The van der Waals surface area contributed by atoms with Crippen LogP contribution in [0.5, 0.6) is 0 Å². The van der Waals surface area contributed by atoms with Crippen molar-refractivity contribution in [2.75, 3.05) is 0 Å². The first kappa shape index (κ1) is 17.5. The minimum atomic E-state index is -1.02. The van der Waals surface area contributed by atoms with Crippen LogP contribution < -0.4 is 0 Å². The van der Waals surface area contributed by atoms with Crippen LogP contribution in [0.3, 0.4) is 0 Å². The summed E-state index contributed by atoms with van der Waals surface area (Å²) >= 11 is 0. The normalized spacial score (nSPS) is 25.1. The number of fused-ring (bicyclic) bond motifs is 1. The highest BCUT2D eigenvalue weighted by Crippen LogP contribution is 2.63. The molecular formula is C20H32O2. The molecule has 0 radical (unpaired) electrons. The zero-order valence-corrected chi connectivity index (χ0v) is 15.4. The summed E-state index contributed by atoms with van der Waals surface area (Å²) in [4.78, 5) is 0. The van der Waals surface area contributed by atoms with Gasteiger partial charge in [-0.1, -0.05) is 73.6 Å². The molecule has 22 heavy (non-hydrogen) atoms. The van der Waals surface area contributed by atoms with Gasteiger partial charge in [0, 0.05) is 10.8 Å². The van der Waals surface area contributed by atoms with E-state index in [4.69, 9.17) is 0 Å². The van der Waals surface area contributed by atoms with Gasteiger partial charge < -0.3 is 10.2 Å². The summed E-state index contributed by atoms with van der Waals surface area (Å²) in [7, 11) is 0. The van der Waals surface area contributed by atoms with E-state index >= 15 is 0 Å². The number of aliphatic hydroxyl groups excluding tert-OH is 1. The van der Waals surface area contributed by atoms with Crippen molar-refractivity contribution in [3.05, 3.63) is 34.9 Å². The molecule has 0 heterocycles. The van der Waals surface area contributed by atoms with Crippen molar-refractivity contribution >= 4 is 0 Å². The second-order valence-corrected chi connectivity index (χ2v) is 8.71. The van der Waals surface area contributed by atoms with Gasteiger partial charge in [-0.25, -0.2) is 0 Å². The maximum absolute atomic E-state index is 11.6. The van der Waals surface area contributed by atoms with E-state index in [1.165, 1.54) is 11.1 Å². The molecule has 0 saturated carbocycles. The molecule has 2 heteroatoms. The molecule has 1 aliphatic rings. The molecule has 2 rings (SSSR count). The maximum atomic E-state index is 11.6. The zero-order chi connectivity index (χ0) is 17.1. The third kappa shape index (κ3) is 2.00. The molecule has 0 fully saturated rings. The zero-order valence-electron chi connectivity index (χ0n) is 15.4. The summed E-state index contributed by atoms with van der Waals surface area (Å²) in [5, 5.41) is 22.3. The van der Waals surface area contributed by atoms with Gasteiger partial charge in [0.2, 0.25) is 0 Å². The minimum Gasteiger partial charge on any atom is -0.392 e. The van der Waals surface area contributed by atoms with Crippen molar-refractivity contribution in [2.45, 2.75) is 78.4 Å². The minimum absolute atomic E-state index is 0.105. The van der Waals surface area contributed by atoms with Crippen LogP contribution in [0.1, 0.15) is 78.0 Å². The lowest BCUT2D eigenvalue weighted by Gasteiger charge is -2.63. The Morgan fingerprint density at radius 2 is 1.55 bits per heavy atom. The van der Waals surface area contributed by atoms with Gasteiger partial charge in [-0.2, -0.15) is 0 Å². The molecule has 0 saturated heterocycles. The average Bonchev–Trinajstić information content (AvgIpc) is 2.44. The fourth-order valence-corrected chi connectivity index (χ4v) is 4.42. The molecule has 0 bridgehead atoms. The van der Waals surface area contributed by atoms with E-state index in [9.17, 15) is 10.2 Å². The van der Waals surface area contributed by atoms with Crippen molar-refractivity contribution in [3.8, 4) is 0 Å². The Kier molecular flexibility index (Phi) is 4.03. The molecule has 0 aromatic heterocycles. The lowest BCUT2D eigenvalue weighted by molar-refractivity contribution is -0.199. The van der Waals surface area contributed by atoms with Crippen LogP contribution in [0.4, 0.5) is 0 Å². The first-order chi connectivity index (χ1) is 9.89. The van der Waals surface area contributed by atoms with Crippen LogP contribution in [0.2, 0.25) is 0 Å². The molecule has 0 amide bonds. The van der Waals surface area contributed by atoms with Crippen molar-refractivity contribution in [2.24, 2.45) is 11.3 Å². The van der Waals surface area contributed by atoms with E-state index < -0.39 is 17.1 Å². The number of hydrogen-bond donors (Lipinski definition) is 2. The number of benzene rings is 1. The largest absolute Gasteiger partial charge is 0.392 e. The fourth-order valence-electron chi connectivity index (χ4n) is 4.42. The number of rotatable bonds is 4. The van der Waals surface area contributed by atoms with Crippen LogP contribution in [0.15, 0.2) is 18.2 Å². The third-order valence-electron chi connectivity index (χ3n) is 5.98. The molecule has 0 aliphatic heterocycles. The van der Waals surface area contributed by atoms with Crippen molar-refractivity contribution < 1.29 is 10.2 Å². The van der Waals surface area contributed by atoms with E-state index in [0.717, 1.165) is 5.56 Å². The SMILES string of the molecule is CC(C)c1ccc2c(c1)C(C)(C)[C@]2(O)C(C)(C)[C@H](O)C(C)C. The molecule has 2 N–H and O–H groups in total. The van der Waals surface area contributed by atoms with Gasteiger partial charge in [-0.05, 0) is 28.5 Å². The molecule has 2 nitrogen and oxygen atoms in total. The van der Waals surface area contributed by atoms with Gasteiger partial charge in [0.25, 0.3) is 0 Å². The Hall–Kier alpha value is -0.860. The lowest BCUT2D eigenvalue weighted by atomic mass is 9.45. The molecule has 0 spiro atoms. The van der Waals surface area contributed by atoms with Crippen molar-refractivity contribution in [3.63, 3.8) is 0 Å². The second kappa shape index (κ2) is 5.07. The molecule has 0 unspecified atom stereocenters. The Bertz CT molecular complexity index is 569. The Morgan fingerprint density at radius 3 is 2.00 bits per heavy atom. The van der Waals surface area contributed by atoms with E-state index in [-0.39, 0.29) is 11.3 Å². The van der Waals surface area contributed by atoms with Crippen LogP contribution in [-0.4, -0.2) is 16.3 Å². The molecular weight excluding hydrogens is 272 g/mol. The van der Waals surface area contributed by atoms with E-state index in [1.54, 1.807) is 0 Å². The average molecular weight is 304 g/mol. The predicted octanol–water partition coefficient (Wildman–Crippen LogP) is 4.33. The monoisotopic (exact) mass is 304 g/mol. The first-order valence-corrected chi connectivity index (χ1v) is 8.44. The quantitative estimate of drug-likeness (QED) is 0.869. The summed E-state index contributed by atoms with van der Waals surface area (Å²) in [5.41, 5.74) is 1.49. The number of hydrogen-bond acceptors (Lipinski definition) is 2. The lowest BCUT2D eigenvalue weighted by Crippen LogP contribution is -2.66. The smallest absolute Gasteiger partial charge is 0.107 e. The molecule has 124 valence electrons. The Labute approximate surface area is 135 Å². The van der Waals surface area contributed by atoms with E-state index in [2.05, 4.69) is 45.9 Å². The highest BCUT2D eigenvalue weighted by Gasteiger charge is 2.66. The van der Waals surface area contributed by atoms with Crippen LogP contribution in [0, 0.1) is 11.3 Å². The standard InChI is InChI=1S/C20H32O2/c1-12(2)14-9-10-15-16(11-14)18(5,6)20(15,22)19(7,8)17(21)13(3)4/h9-13,17,21-22H,1-8H3/t17-,20+/m1/s1. The summed E-state index contributed by atoms with van der Waals surface area (Å²) in [6.07, 6.45) is -0.560. The predicted molar refractivity (Wildman–Crippen MR) is 92.1 cm³/mol. The Balaban J connectivity index is 2.57. The summed E-state index contributed by atoms with van der Waals surface area (Å²) in [6, 6.07) is 6.40. The van der Waals surface area contributed by atoms with Gasteiger partial charge in [-0.3, -0.25) is 0 Å². The van der Waals surface area contributed by atoms with Gasteiger partial charge in [0.05, 0.1) is 6.10 Å². The fraction of sp³-hybridized carbons (Fsp3) is 0.700. The van der Waals surface area contributed by atoms with E-state index in [0.29, 0.717) is 5.92 Å². The molecule has 2 atom stereocenters. The van der Waals surface area contributed by atoms with Gasteiger partial charge in [-0.15, -0.1) is 0 Å². The van der Waals surface area contributed by atoms with Crippen molar-refractivity contribution in [1.82, 2.24) is 0 Å². The van der Waals surface area contributed by atoms with Crippen LogP contribution in [-0.2, 0) is 11.0 Å². The Morgan fingerprint density at radius 1 is 1.00 bits per heavy atom. The highest BCUT2D eigenvalue weighted by molar-refractivity contribution is 5.55. The van der Waals surface area contributed by atoms with Crippen molar-refractivity contribution in [1.29, 1.82) is 0 Å². The second-order valence-electron chi connectivity index (χ2n) is 8.71. The third-order valence-corrected chi connectivity index (χ3v) is 5.98. The van der Waals surface area contributed by atoms with Crippen LogP contribution in [0.25, 0.3) is 0 Å². The van der Waals surface area contributed by atoms with Gasteiger partial charge >= 0.3 is 0 Å².